The lowest BCUT2D eigenvalue weighted by atomic mass is 10.0. The molecule has 0 saturated heterocycles. The van der Waals surface area contributed by atoms with Gasteiger partial charge in [-0.3, -0.25) is 14.3 Å². The summed E-state index contributed by atoms with van der Waals surface area (Å²) >= 11 is 0.701. The fourth-order valence-corrected chi connectivity index (χ4v) is 4.47. The molecule has 2 amide bonds. The van der Waals surface area contributed by atoms with E-state index >= 15 is 0 Å². The zero-order valence-electron chi connectivity index (χ0n) is 17.5. The third-order valence-corrected chi connectivity index (χ3v) is 6.11. The quantitative estimate of drug-likeness (QED) is 0.432. The van der Waals surface area contributed by atoms with Crippen molar-refractivity contribution in [1.82, 2.24) is 14.8 Å². The number of nitrogens with zero attached hydrogens (tertiary/aromatic N) is 3. The third-order valence-electron chi connectivity index (χ3n) is 5.01. The Balaban J connectivity index is 1.96. The van der Waals surface area contributed by atoms with Crippen molar-refractivity contribution >= 4 is 39.1 Å². The Labute approximate surface area is 190 Å². The normalized spacial score (nSPS) is 11.7. The SMILES string of the molecule is CCn1cc(C(=O)Nc2c(C(N)=O)sc3nc(C(F)(F)F)cc(-c4ccccc4)c23)c(C)n1. The van der Waals surface area contributed by atoms with E-state index < -0.39 is 23.7 Å². The maximum Gasteiger partial charge on any atom is 0.433 e. The fraction of sp³-hybridized carbons (Fsp3) is 0.182. The number of halogens is 3. The Morgan fingerprint density at radius 3 is 2.48 bits per heavy atom. The number of benzene rings is 1. The van der Waals surface area contributed by atoms with Crippen LogP contribution in [-0.4, -0.2) is 26.6 Å². The molecule has 0 unspecified atom stereocenters. The highest BCUT2D eigenvalue weighted by Gasteiger charge is 2.35. The predicted octanol–water partition coefficient (Wildman–Crippen LogP) is 4.86. The summed E-state index contributed by atoms with van der Waals surface area (Å²) in [5, 5.41) is 7.12. The van der Waals surface area contributed by atoms with E-state index in [2.05, 4.69) is 15.4 Å². The average molecular weight is 473 g/mol. The number of carbonyl (C=O) groups excluding carboxylic acids is 2. The molecule has 0 aliphatic heterocycles. The standard InChI is InChI=1S/C22H18F3N5O2S/c1-3-30-10-14(11(2)29-30)20(32)28-17-16-13(12-7-5-4-6-8-12)9-15(22(23,24)25)27-21(16)33-18(17)19(26)31/h4-10H,3H2,1-2H3,(H2,26,31)(H,28,32). The van der Waals surface area contributed by atoms with Gasteiger partial charge in [0, 0.05) is 18.1 Å². The van der Waals surface area contributed by atoms with Gasteiger partial charge in [0.05, 0.1) is 16.9 Å². The van der Waals surface area contributed by atoms with Crippen molar-refractivity contribution in [2.24, 2.45) is 5.73 Å². The molecular weight excluding hydrogens is 455 g/mol. The van der Waals surface area contributed by atoms with Gasteiger partial charge in [-0.05, 0) is 31.0 Å². The fourth-order valence-electron chi connectivity index (χ4n) is 3.47. The minimum atomic E-state index is -4.70. The molecule has 0 radical (unpaired) electrons. The van der Waals surface area contributed by atoms with Crippen molar-refractivity contribution in [3.63, 3.8) is 0 Å². The van der Waals surface area contributed by atoms with Gasteiger partial charge in [0.2, 0.25) is 0 Å². The van der Waals surface area contributed by atoms with E-state index in [9.17, 15) is 22.8 Å². The summed E-state index contributed by atoms with van der Waals surface area (Å²) < 4.78 is 42.3. The molecule has 3 heterocycles. The van der Waals surface area contributed by atoms with Crippen molar-refractivity contribution in [2.45, 2.75) is 26.6 Å². The predicted molar refractivity (Wildman–Crippen MR) is 119 cm³/mol. The lowest BCUT2D eigenvalue weighted by molar-refractivity contribution is -0.140. The van der Waals surface area contributed by atoms with Gasteiger partial charge < -0.3 is 11.1 Å². The van der Waals surface area contributed by atoms with E-state index in [4.69, 9.17) is 5.73 Å². The summed E-state index contributed by atoms with van der Waals surface area (Å²) in [6, 6.07) is 9.26. The van der Waals surface area contributed by atoms with Gasteiger partial charge in [0.15, 0.2) is 0 Å². The van der Waals surface area contributed by atoms with Crippen LogP contribution in [0.4, 0.5) is 18.9 Å². The number of nitrogens with one attached hydrogen (secondary N) is 1. The van der Waals surface area contributed by atoms with Crippen LogP contribution in [0.5, 0.6) is 0 Å². The number of nitrogens with two attached hydrogens (primary N) is 1. The number of aromatic nitrogens is 3. The Bertz CT molecular complexity index is 1380. The first kappa shape index (κ1) is 22.5. The van der Waals surface area contributed by atoms with E-state index in [1.165, 1.54) is 0 Å². The molecule has 33 heavy (non-hydrogen) atoms. The number of amides is 2. The second-order valence-corrected chi connectivity index (χ2v) is 8.21. The van der Waals surface area contributed by atoms with Gasteiger partial charge in [-0.2, -0.15) is 18.3 Å². The van der Waals surface area contributed by atoms with Gasteiger partial charge in [0.1, 0.15) is 15.4 Å². The lowest BCUT2D eigenvalue weighted by Crippen LogP contribution is -2.17. The summed E-state index contributed by atoms with van der Waals surface area (Å²) in [6.07, 6.45) is -3.15. The average Bonchev–Trinajstić information content (AvgIpc) is 3.33. The van der Waals surface area contributed by atoms with E-state index in [1.54, 1.807) is 48.1 Å². The molecule has 0 atom stereocenters. The maximum atomic E-state index is 13.6. The van der Waals surface area contributed by atoms with Crippen LogP contribution in [0.2, 0.25) is 0 Å². The van der Waals surface area contributed by atoms with Gasteiger partial charge >= 0.3 is 6.18 Å². The number of hydrogen-bond acceptors (Lipinski definition) is 5. The second-order valence-electron chi connectivity index (χ2n) is 7.21. The number of anilines is 1. The smallest absolute Gasteiger partial charge is 0.365 e. The maximum absolute atomic E-state index is 13.6. The summed E-state index contributed by atoms with van der Waals surface area (Å²) in [4.78, 5) is 28.8. The Kier molecular flexibility index (Phi) is 5.66. The van der Waals surface area contributed by atoms with Crippen molar-refractivity contribution in [3.05, 3.63) is 64.4 Å². The van der Waals surface area contributed by atoms with Crippen LogP contribution in [0.15, 0.2) is 42.6 Å². The van der Waals surface area contributed by atoms with Crippen LogP contribution >= 0.6 is 11.3 Å². The molecule has 4 aromatic rings. The minimum absolute atomic E-state index is 0.0243. The molecule has 3 aromatic heterocycles. The molecule has 0 saturated carbocycles. The first-order chi connectivity index (χ1) is 15.6. The number of thiophene rings is 1. The molecule has 0 spiro atoms. The number of aryl methyl sites for hydroxylation is 2. The van der Waals surface area contributed by atoms with Crippen molar-refractivity contribution < 1.29 is 22.8 Å². The molecule has 0 fully saturated rings. The molecule has 4 rings (SSSR count). The highest BCUT2D eigenvalue weighted by Crippen LogP contribution is 2.43. The summed E-state index contributed by atoms with van der Waals surface area (Å²) in [5.41, 5.74) is 5.81. The molecule has 170 valence electrons. The first-order valence-corrected chi connectivity index (χ1v) is 10.7. The topological polar surface area (TPSA) is 103 Å². The molecule has 3 N–H and O–H groups in total. The molecular formula is C22H18F3N5O2S. The van der Waals surface area contributed by atoms with Crippen LogP contribution in [-0.2, 0) is 12.7 Å². The molecule has 0 aliphatic carbocycles. The highest BCUT2D eigenvalue weighted by atomic mass is 32.1. The molecule has 7 nitrogen and oxygen atoms in total. The lowest BCUT2D eigenvalue weighted by Gasteiger charge is -2.12. The van der Waals surface area contributed by atoms with E-state index in [0.717, 1.165) is 6.07 Å². The van der Waals surface area contributed by atoms with Crippen LogP contribution in [0.3, 0.4) is 0 Å². The number of rotatable bonds is 5. The monoisotopic (exact) mass is 473 g/mol. The van der Waals surface area contributed by atoms with Crippen LogP contribution in [0.25, 0.3) is 21.3 Å². The summed E-state index contributed by atoms with van der Waals surface area (Å²) in [7, 11) is 0. The summed E-state index contributed by atoms with van der Waals surface area (Å²) in [6.45, 7) is 4.07. The zero-order valence-corrected chi connectivity index (χ0v) is 18.3. The van der Waals surface area contributed by atoms with Crippen molar-refractivity contribution in [2.75, 3.05) is 5.32 Å². The number of hydrogen-bond donors (Lipinski definition) is 2. The van der Waals surface area contributed by atoms with E-state index in [0.29, 0.717) is 29.1 Å². The number of pyridine rings is 1. The Hall–Kier alpha value is -3.73. The van der Waals surface area contributed by atoms with Gasteiger partial charge in [-0.1, -0.05) is 30.3 Å². The molecule has 0 bridgehead atoms. The minimum Gasteiger partial charge on any atom is -0.365 e. The highest BCUT2D eigenvalue weighted by molar-refractivity contribution is 7.21. The van der Waals surface area contributed by atoms with Gasteiger partial charge in [-0.25, -0.2) is 4.98 Å². The third kappa shape index (κ3) is 4.19. The van der Waals surface area contributed by atoms with Gasteiger partial charge in [0.25, 0.3) is 11.8 Å². The van der Waals surface area contributed by atoms with Crippen LogP contribution in [0, 0.1) is 6.92 Å². The molecule has 1 aromatic carbocycles. The van der Waals surface area contributed by atoms with E-state index in [1.807, 2.05) is 6.92 Å². The van der Waals surface area contributed by atoms with E-state index in [-0.39, 0.29) is 31.9 Å². The molecule has 0 aliphatic rings. The molecule has 11 heteroatoms. The van der Waals surface area contributed by atoms with Crippen LogP contribution in [0.1, 0.15) is 38.3 Å². The Morgan fingerprint density at radius 2 is 1.91 bits per heavy atom. The van der Waals surface area contributed by atoms with Crippen LogP contribution < -0.4 is 11.1 Å². The number of carbonyl (C=O) groups is 2. The number of primary amides is 1. The second kappa shape index (κ2) is 8.32. The van der Waals surface area contributed by atoms with Crippen molar-refractivity contribution in [3.8, 4) is 11.1 Å². The summed E-state index contributed by atoms with van der Waals surface area (Å²) in [5.74, 6) is -1.45. The van der Waals surface area contributed by atoms with Gasteiger partial charge in [-0.15, -0.1) is 11.3 Å². The number of fused-ring (bicyclic) bond motifs is 1. The zero-order chi connectivity index (χ0) is 23.9. The van der Waals surface area contributed by atoms with Crippen molar-refractivity contribution in [1.29, 1.82) is 0 Å². The number of alkyl halides is 3. The first-order valence-electron chi connectivity index (χ1n) is 9.85. The largest absolute Gasteiger partial charge is 0.433 e. The Morgan fingerprint density at radius 1 is 1.21 bits per heavy atom.